The van der Waals surface area contributed by atoms with Crippen molar-refractivity contribution in [2.75, 3.05) is 6.54 Å². The highest BCUT2D eigenvalue weighted by atomic mass is 14.9. The standard InChI is InChI=1S/C12H12N2/c1-9-2-4-10(5-3-9)12-8-14-7-11(12)6-13/h2-5,7,12,14H,8H2,1H3. The Morgan fingerprint density at radius 1 is 1.36 bits per heavy atom. The van der Waals surface area contributed by atoms with Gasteiger partial charge in [-0.15, -0.1) is 0 Å². The SMILES string of the molecule is Cc1ccc(C2CNC=C2C#N)cc1. The van der Waals surface area contributed by atoms with E-state index in [1.165, 1.54) is 11.1 Å². The maximum Gasteiger partial charge on any atom is 0.0969 e. The van der Waals surface area contributed by atoms with Gasteiger partial charge in [0.05, 0.1) is 11.6 Å². The van der Waals surface area contributed by atoms with Crippen LogP contribution in [-0.2, 0) is 0 Å². The molecule has 2 rings (SSSR count). The molecule has 2 heteroatoms. The summed E-state index contributed by atoms with van der Waals surface area (Å²) in [7, 11) is 0. The Morgan fingerprint density at radius 2 is 2.07 bits per heavy atom. The van der Waals surface area contributed by atoms with Gasteiger partial charge in [0.15, 0.2) is 0 Å². The number of hydrogen-bond acceptors (Lipinski definition) is 2. The Labute approximate surface area is 83.9 Å². The van der Waals surface area contributed by atoms with E-state index in [4.69, 9.17) is 5.26 Å². The molecule has 70 valence electrons. The lowest BCUT2D eigenvalue weighted by molar-refractivity contribution is 0.801. The van der Waals surface area contributed by atoms with Gasteiger partial charge in [0, 0.05) is 18.7 Å². The second kappa shape index (κ2) is 3.55. The van der Waals surface area contributed by atoms with Crippen molar-refractivity contribution in [2.45, 2.75) is 12.8 Å². The largest absolute Gasteiger partial charge is 0.389 e. The normalized spacial score (nSPS) is 19.7. The summed E-state index contributed by atoms with van der Waals surface area (Å²) in [5.74, 6) is 0.237. The lowest BCUT2D eigenvalue weighted by Crippen LogP contribution is -2.08. The van der Waals surface area contributed by atoms with E-state index in [-0.39, 0.29) is 5.92 Å². The minimum Gasteiger partial charge on any atom is -0.389 e. The van der Waals surface area contributed by atoms with Crippen molar-refractivity contribution < 1.29 is 0 Å². The van der Waals surface area contributed by atoms with Crippen molar-refractivity contribution in [1.29, 1.82) is 5.26 Å². The van der Waals surface area contributed by atoms with Gasteiger partial charge in [0.2, 0.25) is 0 Å². The lowest BCUT2D eigenvalue weighted by atomic mass is 9.94. The van der Waals surface area contributed by atoms with Gasteiger partial charge in [-0.25, -0.2) is 0 Å². The number of nitrogens with one attached hydrogen (secondary N) is 1. The van der Waals surface area contributed by atoms with Crippen molar-refractivity contribution in [3.05, 3.63) is 47.2 Å². The summed E-state index contributed by atoms with van der Waals surface area (Å²) >= 11 is 0. The molecule has 0 spiro atoms. The quantitative estimate of drug-likeness (QED) is 0.725. The maximum absolute atomic E-state index is 8.89. The molecule has 1 aliphatic heterocycles. The molecule has 0 fully saturated rings. The van der Waals surface area contributed by atoms with Crippen LogP contribution >= 0.6 is 0 Å². The Morgan fingerprint density at radius 3 is 2.71 bits per heavy atom. The number of nitriles is 1. The molecule has 14 heavy (non-hydrogen) atoms. The van der Waals surface area contributed by atoms with Gasteiger partial charge in [-0.2, -0.15) is 5.26 Å². The molecule has 1 N–H and O–H groups in total. The number of benzene rings is 1. The van der Waals surface area contributed by atoms with Crippen LogP contribution in [0, 0.1) is 18.3 Å². The molecule has 0 saturated carbocycles. The fraction of sp³-hybridized carbons (Fsp3) is 0.250. The summed E-state index contributed by atoms with van der Waals surface area (Å²) in [5, 5.41) is 12.0. The van der Waals surface area contributed by atoms with Crippen molar-refractivity contribution in [3.63, 3.8) is 0 Å². The average Bonchev–Trinajstić information content (AvgIpc) is 2.67. The Bertz CT molecular complexity index is 395. The summed E-state index contributed by atoms with van der Waals surface area (Å²) in [6, 6.07) is 10.6. The molecule has 0 saturated heterocycles. The number of nitrogens with zero attached hydrogens (tertiary/aromatic N) is 1. The van der Waals surface area contributed by atoms with E-state index < -0.39 is 0 Å². The van der Waals surface area contributed by atoms with Crippen LogP contribution in [0.3, 0.4) is 0 Å². The first-order valence-electron chi connectivity index (χ1n) is 4.71. The Balaban J connectivity index is 2.29. The van der Waals surface area contributed by atoms with E-state index in [2.05, 4.69) is 42.6 Å². The predicted molar refractivity (Wildman–Crippen MR) is 55.6 cm³/mol. The van der Waals surface area contributed by atoms with E-state index in [1.807, 2.05) is 6.20 Å². The molecular weight excluding hydrogens is 172 g/mol. The summed E-state index contributed by atoms with van der Waals surface area (Å²) in [4.78, 5) is 0. The molecule has 1 atom stereocenters. The van der Waals surface area contributed by atoms with Crippen LogP contribution in [-0.4, -0.2) is 6.54 Å². The first-order valence-corrected chi connectivity index (χ1v) is 4.71. The molecule has 1 aromatic rings. The highest BCUT2D eigenvalue weighted by Gasteiger charge is 2.20. The van der Waals surface area contributed by atoms with Gasteiger partial charge < -0.3 is 5.32 Å². The number of hydrogen-bond donors (Lipinski definition) is 1. The summed E-state index contributed by atoms with van der Waals surface area (Å²) < 4.78 is 0. The fourth-order valence-electron chi connectivity index (χ4n) is 1.70. The van der Waals surface area contributed by atoms with Gasteiger partial charge in [0.25, 0.3) is 0 Å². The van der Waals surface area contributed by atoms with Crippen LogP contribution in [0.15, 0.2) is 36.0 Å². The third-order valence-corrected chi connectivity index (χ3v) is 2.56. The zero-order valence-corrected chi connectivity index (χ0v) is 8.12. The molecule has 1 aromatic carbocycles. The van der Waals surface area contributed by atoms with Gasteiger partial charge in [-0.3, -0.25) is 0 Å². The topological polar surface area (TPSA) is 35.8 Å². The summed E-state index contributed by atoms with van der Waals surface area (Å²) in [6.07, 6.45) is 1.81. The van der Waals surface area contributed by atoms with Crippen molar-refractivity contribution in [2.24, 2.45) is 0 Å². The van der Waals surface area contributed by atoms with Gasteiger partial charge in [-0.1, -0.05) is 29.8 Å². The number of rotatable bonds is 1. The van der Waals surface area contributed by atoms with E-state index in [1.54, 1.807) is 0 Å². The molecular formula is C12H12N2. The van der Waals surface area contributed by atoms with Crippen LogP contribution in [0.1, 0.15) is 17.0 Å². The Hall–Kier alpha value is -1.75. The van der Waals surface area contributed by atoms with Crippen molar-refractivity contribution >= 4 is 0 Å². The molecule has 1 heterocycles. The van der Waals surface area contributed by atoms with E-state index in [0.717, 1.165) is 12.1 Å². The van der Waals surface area contributed by atoms with E-state index >= 15 is 0 Å². The van der Waals surface area contributed by atoms with Crippen LogP contribution in [0.2, 0.25) is 0 Å². The van der Waals surface area contributed by atoms with Gasteiger partial charge in [0.1, 0.15) is 0 Å². The first kappa shape index (κ1) is 8.83. The molecule has 1 aliphatic rings. The third-order valence-electron chi connectivity index (χ3n) is 2.56. The predicted octanol–water partition coefficient (Wildman–Crippen LogP) is 2.09. The second-order valence-electron chi connectivity index (χ2n) is 3.58. The van der Waals surface area contributed by atoms with Crippen LogP contribution in [0.4, 0.5) is 0 Å². The fourth-order valence-corrected chi connectivity index (χ4v) is 1.70. The number of aryl methyl sites for hydroxylation is 1. The maximum atomic E-state index is 8.89. The first-order chi connectivity index (χ1) is 6.81. The minimum atomic E-state index is 0.237. The van der Waals surface area contributed by atoms with Crippen LogP contribution in [0.5, 0.6) is 0 Å². The highest BCUT2D eigenvalue weighted by molar-refractivity contribution is 5.40. The zero-order valence-electron chi connectivity index (χ0n) is 8.12. The van der Waals surface area contributed by atoms with E-state index in [0.29, 0.717) is 0 Å². The highest BCUT2D eigenvalue weighted by Crippen LogP contribution is 2.26. The van der Waals surface area contributed by atoms with Gasteiger partial charge in [-0.05, 0) is 12.5 Å². The molecule has 2 nitrogen and oxygen atoms in total. The average molecular weight is 184 g/mol. The molecule has 1 unspecified atom stereocenters. The lowest BCUT2D eigenvalue weighted by Gasteiger charge is -2.09. The van der Waals surface area contributed by atoms with Crippen LogP contribution in [0.25, 0.3) is 0 Å². The third kappa shape index (κ3) is 1.49. The summed E-state index contributed by atoms with van der Waals surface area (Å²) in [6.45, 7) is 2.91. The van der Waals surface area contributed by atoms with Crippen LogP contribution < -0.4 is 5.32 Å². The Kier molecular flexibility index (Phi) is 2.24. The van der Waals surface area contributed by atoms with E-state index in [9.17, 15) is 0 Å². The smallest absolute Gasteiger partial charge is 0.0969 e. The zero-order chi connectivity index (χ0) is 9.97. The molecule has 0 bridgehead atoms. The monoisotopic (exact) mass is 184 g/mol. The van der Waals surface area contributed by atoms with Gasteiger partial charge >= 0.3 is 0 Å². The molecule has 0 aromatic heterocycles. The molecule has 0 radical (unpaired) electrons. The minimum absolute atomic E-state index is 0.237. The molecule has 0 amide bonds. The molecule has 0 aliphatic carbocycles. The second-order valence-corrected chi connectivity index (χ2v) is 3.58. The van der Waals surface area contributed by atoms with Crippen molar-refractivity contribution in [1.82, 2.24) is 5.32 Å². The van der Waals surface area contributed by atoms with Crippen molar-refractivity contribution in [3.8, 4) is 6.07 Å². The summed E-state index contributed by atoms with van der Waals surface area (Å²) in [5.41, 5.74) is 3.30.